The third-order valence-corrected chi connectivity index (χ3v) is 2.68. The first-order chi connectivity index (χ1) is 8.07. The van der Waals surface area contributed by atoms with Crippen LogP contribution >= 0.6 is 0 Å². The molecule has 1 saturated carbocycles. The first-order valence-corrected chi connectivity index (χ1v) is 5.71. The highest BCUT2D eigenvalue weighted by Crippen LogP contribution is 2.34. The summed E-state index contributed by atoms with van der Waals surface area (Å²) < 4.78 is 37.9. The molecule has 5 heteroatoms. The molecule has 17 heavy (non-hydrogen) atoms. The molecule has 0 radical (unpaired) electrons. The van der Waals surface area contributed by atoms with Crippen molar-refractivity contribution in [1.82, 2.24) is 5.32 Å². The van der Waals surface area contributed by atoms with Gasteiger partial charge in [0.25, 0.3) is 0 Å². The molecule has 0 saturated heterocycles. The average Bonchev–Trinajstić information content (AvgIpc) is 3.07. The van der Waals surface area contributed by atoms with Crippen LogP contribution in [-0.4, -0.2) is 19.1 Å². The van der Waals surface area contributed by atoms with E-state index in [9.17, 15) is 13.2 Å². The van der Waals surface area contributed by atoms with Gasteiger partial charge in [-0.1, -0.05) is 12.1 Å². The lowest BCUT2D eigenvalue weighted by Gasteiger charge is -2.14. The highest BCUT2D eigenvalue weighted by Gasteiger charge is 2.33. The van der Waals surface area contributed by atoms with Gasteiger partial charge < -0.3 is 10.6 Å². The fourth-order valence-electron chi connectivity index (χ4n) is 1.65. The molecule has 0 unspecified atom stereocenters. The van der Waals surface area contributed by atoms with E-state index >= 15 is 0 Å². The molecule has 0 bridgehead atoms. The zero-order valence-electron chi connectivity index (χ0n) is 9.35. The molecule has 0 spiro atoms. The van der Waals surface area contributed by atoms with Crippen LogP contribution in [0.2, 0.25) is 0 Å². The van der Waals surface area contributed by atoms with Crippen LogP contribution in [0.4, 0.5) is 18.9 Å². The van der Waals surface area contributed by atoms with Crippen molar-refractivity contribution in [2.24, 2.45) is 0 Å². The molecule has 0 heterocycles. The molecule has 1 aromatic rings. The Morgan fingerprint density at radius 3 is 2.47 bits per heavy atom. The van der Waals surface area contributed by atoms with Crippen molar-refractivity contribution < 1.29 is 13.2 Å². The maximum Gasteiger partial charge on any atom is 0.418 e. The number of hydrogen-bond donors (Lipinski definition) is 2. The molecule has 94 valence electrons. The zero-order valence-corrected chi connectivity index (χ0v) is 9.35. The van der Waals surface area contributed by atoms with Gasteiger partial charge in [-0.15, -0.1) is 0 Å². The van der Waals surface area contributed by atoms with E-state index in [1.807, 2.05) is 0 Å². The van der Waals surface area contributed by atoms with Crippen LogP contribution in [0.5, 0.6) is 0 Å². The van der Waals surface area contributed by atoms with Crippen molar-refractivity contribution in [3.63, 3.8) is 0 Å². The monoisotopic (exact) mass is 244 g/mol. The summed E-state index contributed by atoms with van der Waals surface area (Å²) in [5, 5.41) is 6.06. The molecule has 1 aromatic carbocycles. The van der Waals surface area contributed by atoms with Gasteiger partial charge in [-0.25, -0.2) is 0 Å². The van der Waals surface area contributed by atoms with E-state index in [-0.39, 0.29) is 5.69 Å². The topological polar surface area (TPSA) is 24.1 Å². The van der Waals surface area contributed by atoms with Crippen LogP contribution < -0.4 is 10.6 Å². The van der Waals surface area contributed by atoms with Crippen molar-refractivity contribution >= 4 is 5.69 Å². The maximum absolute atomic E-state index is 12.6. The van der Waals surface area contributed by atoms with Gasteiger partial charge in [-0.05, 0) is 25.0 Å². The molecule has 1 aliphatic carbocycles. The lowest BCUT2D eigenvalue weighted by Crippen LogP contribution is -2.24. The molecule has 1 aliphatic rings. The molecule has 2 N–H and O–H groups in total. The number of nitrogens with one attached hydrogen (secondary N) is 2. The Kier molecular flexibility index (Phi) is 3.57. The largest absolute Gasteiger partial charge is 0.418 e. The fourth-order valence-corrected chi connectivity index (χ4v) is 1.65. The van der Waals surface area contributed by atoms with Gasteiger partial charge in [0.2, 0.25) is 0 Å². The number of alkyl halides is 3. The van der Waals surface area contributed by atoms with Crippen LogP contribution in [0.25, 0.3) is 0 Å². The van der Waals surface area contributed by atoms with E-state index in [2.05, 4.69) is 10.6 Å². The van der Waals surface area contributed by atoms with E-state index in [1.54, 1.807) is 6.07 Å². The van der Waals surface area contributed by atoms with Crippen LogP contribution in [0.15, 0.2) is 24.3 Å². The molecule has 1 fully saturated rings. The van der Waals surface area contributed by atoms with Crippen LogP contribution in [0, 0.1) is 0 Å². The Bertz CT molecular complexity index is 372. The predicted octanol–water partition coefficient (Wildman–Crippen LogP) is 2.87. The van der Waals surface area contributed by atoms with Gasteiger partial charge in [0.15, 0.2) is 0 Å². The van der Waals surface area contributed by atoms with Gasteiger partial charge in [0.1, 0.15) is 0 Å². The Hall–Kier alpha value is -1.23. The molecule has 0 aliphatic heterocycles. The Balaban J connectivity index is 1.89. The van der Waals surface area contributed by atoms with Crippen molar-refractivity contribution in [2.45, 2.75) is 25.1 Å². The third kappa shape index (κ3) is 3.63. The number of hydrogen-bond acceptors (Lipinski definition) is 2. The molecular weight excluding hydrogens is 229 g/mol. The number of benzene rings is 1. The minimum atomic E-state index is -4.30. The Morgan fingerprint density at radius 2 is 1.82 bits per heavy atom. The van der Waals surface area contributed by atoms with Gasteiger partial charge in [0, 0.05) is 24.8 Å². The lowest BCUT2D eigenvalue weighted by molar-refractivity contribution is -0.136. The standard InChI is InChI=1S/C12H15F3N2/c13-12(14,15)10-3-1-2-4-11(10)17-8-7-16-9-5-6-9/h1-4,9,16-17H,5-8H2. The fraction of sp³-hybridized carbons (Fsp3) is 0.500. The molecular formula is C12H15F3N2. The minimum absolute atomic E-state index is 0.151. The van der Waals surface area contributed by atoms with Crippen LogP contribution in [0.3, 0.4) is 0 Å². The summed E-state index contributed by atoms with van der Waals surface area (Å²) in [5.41, 5.74) is -0.455. The van der Waals surface area contributed by atoms with Crippen molar-refractivity contribution in [3.8, 4) is 0 Å². The Morgan fingerprint density at radius 1 is 1.12 bits per heavy atom. The van der Waals surface area contributed by atoms with E-state index in [0.717, 1.165) is 6.07 Å². The SMILES string of the molecule is FC(F)(F)c1ccccc1NCCNC1CC1. The smallest absolute Gasteiger partial charge is 0.383 e. The summed E-state index contributed by atoms with van der Waals surface area (Å²) in [6, 6.07) is 6.13. The van der Waals surface area contributed by atoms with Crippen LogP contribution in [-0.2, 0) is 6.18 Å². The van der Waals surface area contributed by atoms with Gasteiger partial charge >= 0.3 is 6.18 Å². The molecule has 0 amide bonds. The van der Waals surface area contributed by atoms with Gasteiger partial charge in [-0.3, -0.25) is 0 Å². The van der Waals surface area contributed by atoms with Crippen molar-refractivity contribution in [2.75, 3.05) is 18.4 Å². The number of anilines is 1. The summed E-state index contributed by atoms with van der Waals surface area (Å²) >= 11 is 0. The van der Waals surface area contributed by atoms with Gasteiger partial charge in [0.05, 0.1) is 5.56 Å². The first kappa shape index (κ1) is 12.2. The Labute approximate surface area is 98.2 Å². The highest BCUT2D eigenvalue weighted by molar-refractivity contribution is 5.52. The molecule has 2 rings (SSSR count). The second kappa shape index (κ2) is 4.96. The maximum atomic E-state index is 12.6. The average molecular weight is 244 g/mol. The van der Waals surface area contributed by atoms with Gasteiger partial charge in [-0.2, -0.15) is 13.2 Å². The lowest BCUT2D eigenvalue weighted by atomic mass is 10.1. The van der Waals surface area contributed by atoms with E-state index < -0.39 is 11.7 Å². The van der Waals surface area contributed by atoms with Crippen LogP contribution in [0.1, 0.15) is 18.4 Å². The second-order valence-electron chi connectivity index (χ2n) is 4.20. The van der Waals surface area contributed by atoms with E-state index in [0.29, 0.717) is 19.1 Å². The summed E-state index contributed by atoms with van der Waals surface area (Å²) in [5.74, 6) is 0. The zero-order chi connectivity index (χ0) is 12.3. The molecule has 0 atom stereocenters. The molecule has 2 nitrogen and oxygen atoms in total. The minimum Gasteiger partial charge on any atom is -0.383 e. The summed E-state index contributed by atoms with van der Waals surface area (Å²) in [6.45, 7) is 1.19. The van der Waals surface area contributed by atoms with Crippen molar-refractivity contribution in [1.29, 1.82) is 0 Å². The summed E-state index contributed by atoms with van der Waals surface area (Å²) in [4.78, 5) is 0. The number of rotatable bonds is 5. The third-order valence-electron chi connectivity index (χ3n) is 2.68. The predicted molar refractivity (Wildman–Crippen MR) is 61.0 cm³/mol. The van der Waals surface area contributed by atoms with E-state index in [4.69, 9.17) is 0 Å². The molecule has 0 aromatic heterocycles. The quantitative estimate of drug-likeness (QED) is 0.778. The van der Waals surface area contributed by atoms with Crippen molar-refractivity contribution in [3.05, 3.63) is 29.8 Å². The normalized spacial score (nSPS) is 15.9. The highest BCUT2D eigenvalue weighted by atomic mass is 19.4. The summed E-state index contributed by atoms with van der Waals surface area (Å²) in [6.07, 6.45) is -1.94. The first-order valence-electron chi connectivity index (χ1n) is 5.71. The number of para-hydroxylation sites is 1. The van der Waals surface area contributed by atoms with E-state index in [1.165, 1.54) is 25.0 Å². The second-order valence-corrected chi connectivity index (χ2v) is 4.20. The summed E-state index contributed by atoms with van der Waals surface area (Å²) in [7, 11) is 0. The number of halogens is 3.